The van der Waals surface area contributed by atoms with Crippen LogP contribution < -0.4 is 0 Å². The summed E-state index contributed by atoms with van der Waals surface area (Å²) in [5.74, 6) is 0.695. The zero-order chi connectivity index (χ0) is 9.97. The highest BCUT2D eigenvalue weighted by atomic mass is 79.9. The van der Waals surface area contributed by atoms with E-state index < -0.39 is 0 Å². The van der Waals surface area contributed by atoms with Crippen molar-refractivity contribution in [2.75, 3.05) is 13.1 Å². The number of hydrogen-bond acceptors (Lipinski definition) is 2. The molecule has 2 nitrogen and oxygen atoms in total. The lowest BCUT2D eigenvalue weighted by atomic mass is 10.1. The molecule has 76 valence electrons. The fraction of sp³-hybridized carbons (Fsp3) is 0.500. The van der Waals surface area contributed by atoms with Crippen LogP contribution in [-0.4, -0.2) is 23.8 Å². The molecule has 1 fully saturated rings. The second-order valence-electron chi connectivity index (χ2n) is 3.50. The molecule has 1 aliphatic heterocycles. The predicted octanol–water partition coefficient (Wildman–Crippen LogP) is 3.32. The number of thiophene rings is 1. The van der Waals surface area contributed by atoms with Gasteiger partial charge in [0, 0.05) is 13.1 Å². The van der Waals surface area contributed by atoms with Gasteiger partial charge in [0.1, 0.15) is 5.84 Å². The van der Waals surface area contributed by atoms with Gasteiger partial charge >= 0.3 is 0 Å². The van der Waals surface area contributed by atoms with Gasteiger partial charge in [0.2, 0.25) is 0 Å². The van der Waals surface area contributed by atoms with Gasteiger partial charge in [-0.05, 0) is 47.3 Å². The maximum atomic E-state index is 8.05. The average molecular weight is 273 g/mol. The second kappa shape index (κ2) is 4.45. The van der Waals surface area contributed by atoms with E-state index in [1.165, 1.54) is 19.3 Å². The lowest BCUT2D eigenvalue weighted by Crippen LogP contribution is -2.35. The van der Waals surface area contributed by atoms with Crippen LogP contribution in [-0.2, 0) is 0 Å². The van der Waals surface area contributed by atoms with Crippen molar-refractivity contribution in [3.05, 3.63) is 20.8 Å². The lowest BCUT2D eigenvalue weighted by Gasteiger charge is -2.28. The molecule has 4 heteroatoms. The Hall–Kier alpha value is -0.350. The molecule has 14 heavy (non-hydrogen) atoms. The summed E-state index contributed by atoms with van der Waals surface area (Å²) in [7, 11) is 0. The molecule has 0 radical (unpaired) electrons. The molecular weight excluding hydrogens is 260 g/mol. The van der Waals surface area contributed by atoms with Crippen LogP contribution in [0.1, 0.15) is 24.1 Å². The molecule has 0 spiro atoms. The average Bonchev–Trinajstić information content (AvgIpc) is 2.65. The van der Waals surface area contributed by atoms with E-state index in [4.69, 9.17) is 5.41 Å². The fourth-order valence-electron chi connectivity index (χ4n) is 1.71. The van der Waals surface area contributed by atoms with E-state index in [1.54, 1.807) is 11.3 Å². The number of likely N-dealkylation sites (tertiary alicyclic amines) is 1. The van der Waals surface area contributed by atoms with E-state index in [0.29, 0.717) is 5.84 Å². The zero-order valence-corrected chi connectivity index (χ0v) is 10.3. The molecule has 0 aromatic carbocycles. The summed E-state index contributed by atoms with van der Waals surface area (Å²) in [4.78, 5) is 3.25. The van der Waals surface area contributed by atoms with Crippen molar-refractivity contribution in [1.29, 1.82) is 5.41 Å². The minimum Gasteiger partial charge on any atom is -0.356 e. The van der Waals surface area contributed by atoms with Crippen molar-refractivity contribution in [2.24, 2.45) is 0 Å². The fourth-order valence-corrected chi connectivity index (χ4v) is 3.08. The number of rotatable bonds is 1. The first-order chi connectivity index (χ1) is 6.77. The molecule has 0 atom stereocenters. The second-order valence-corrected chi connectivity index (χ2v) is 5.96. The Kier molecular flexibility index (Phi) is 3.23. The van der Waals surface area contributed by atoms with Crippen molar-refractivity contribution < 1.29 is 0 Å². The molecule has 1 aromatic heterocycles. The first-order valence-corrected chi connectivity index (χ1v) is 6.47. The number of hydrogen-bond donors (Lipinski definition) is 1. The van der Waals surface area contributed by atoms with Crippen molar-refractivity contribution in [2.45, 2.75) is 19.3 Å². The first kappa shape index (κ1) is 10.2. The topological polar surface area (TPSA) is 27.1 Å². The normalized spacial score (nSPS) is 17.1. The van der Waals surface area contributed by atoms with Gasteiger partial charge in [0.05, 0.1) is 8.66 Å². The third kappa shape index (κ3) is 2.17. The molecule has 0 saturated carbocycles. The van der Waals surface area contributed by atoms with E-state index in [9.17, 15) is 0 Å². The summed E-state index contributed by atoms with van der Waals surface area (Å²) in [5, 5.41) is 8.05. The number of nitrogens with zero attached hydrogens (tertiary/aromatic N) is 1. The van der Waals surface area contributed by atoms with Gasteiger partial charge in [-0.25, -0.2) is 0 Å². The molecule has 1 saturated heterocycles. The molecule has 2 heterocycles. The Morgan fingerprint density at radius 1 is 1.29 bits per heavy atom. The Morgan fingerprint density at radius 3 is 2.57 bits per heavy atom. The van der Waals surface area contributed by atoms with E-state index in [0.717, 1.165) is 21.8 Å². The largest absolute Gasteiger partial charge is 0.356 e. The Bertz CT molecular complexity index is 329. The summed E-state index contributed by atoms with van der Waals surface area (Å²) in [6.45, 7) is 2.10. The monoisotopic (exact) mass is 272 g/mol. The van der Waals surface area contributed by atoms with Crippen LogP contribution in [0.4, 0.5) is 0 Å². The van der Waals surface area contributed by atoms with E-state index >= 15 is 0 Å². The van der Waals surface area contributed by atoms with E-state index in [1.807, 2.05) is 12.1 Å². The molecule has 1 aliphatic rings. The van der Waals surface area contributed by atoms with Crippen LogP contribution in [0.3, 0.4) is 0 Å². The van der Waals surface area contributed by atoms with E-state index in [-0.39, 0.29) is 0 Å². The minimum absolute atomic E-state index is 0.695. The van der Waals surface area contributed by atoms with Crippen LogP contribution in [0, 0.1) is 5.41 Å². The number of nitrogens with one attached hydrogen (secondary N) is 1. The third-order valence-corrected chi connectivity index (χ3v) is 4.11. The van der Waals surface area contributed by atoms with Crippen LogP contribution in [0.25, 0.3) is 0 Å². The van der Waals surface area contributed by atoms with Gasteiger partial charge in [-0.15, -0.1) is 11.3 Å². The van der Waals surface area contributed by atoms with Crippen molar-refractivity contribution >= 4 is 33.1 Å². The Balaban J connectivity index is 2.07. The number of amidine groups is 1. The SMILES string of the molecule is N=C(c1ccc(Br)s1)N1CCCCC1. The summed E-state index contributed by atoms with van der Waals surface area (Å²) >= 11 is 5.07. The predicted molar refractivity (Wildman–Crippen MR) is 64.3 cm³/mol. The highest BCUT2D eigenvalue weighted by Crippen LogP contribution is 2.24. The van der Waals surface area contributed by atoms with Crippen molar-refractivity contribution in [3.63, 3.8) is 0 Å². The van der Waals surface area contributed by atoms with Gasteiger partial charge in [-0.3, -0.25) is 5.41 Å². The first-order valence-electron chi connectivity index (χ1n) is 4.86. The van der Waals surface area contributed by atoms with Gasteiger partial charge in [-0.2, -0.15) is 0 Å². The molecule has 0 unspecified atom stereocenters. The van der Waals surface area contributed by atoms with Crippen molar-refractivity contribution in [1.82, 2.24) is 4.90 Å². The summed E-state index contributed by atoms with van der Waals surface area (Å²) in [6.07, 6.45) is 3.78. The van der Waals surface area contributed by atoms with Crippen LogP contribution in [0.15, 0.2) is 15.9 Å². The van der Waals surface area contributed by atoms with E-state index in [2.05, 4.69) is 20.8 Å². The highest BCUT2D eigenvalue weighted by Gasteiger charge is 2.15. The van der Waals surface area contributed by atoms with Gasteiger partial charge in [0.15, 0.2) is 0 Å². The molecule has 0 amide bonds. The molecular formula is C10H13BrN2S. The molecule has 1 aromatic rings. The lowest BCUT2D eigenvalue weighted by molar-refractivity contribution is 0.341. The van der Waals surface area contributed by atoms with Gasteiger partial charge in [-0.1, -0.05) is 0 Å². The summed E-state index contributed by atoms with van der Waals surface area (Å²) < 4.78 is 1.11. The van der Waals surface area contributed by atoms with Crippen LogP contribution in [0.5, 0.6) is 0 Å². The highest BCUT2D eigenvalue weighted by molar-refractivity contribution is 9.11. The quantitative estimate of drug-likeness (QED) is 0.616. The summed E-state index contributed by atoms with van der Waals surface area (Å²) in [5.41, 5.74) is 0. The maximum absolute atomic E-state index is 8.05. The molecule has 1 N–H and O–H groups in total. The molecule has 2 rings (SSSR count). The number of piperidine rings is 1. The Labute approximate surface area is 96.6 Å². The smallest absolute Gasteiger partial charge is 0.138 e. The standard InChI is InChI=1S/C10H13BrN2S/c11-9-5-4-8(14-9)10(12)13-6-2-1-3-7-13/h4-5,12H,1-3,6-7H2. The van der Waals surface area contributed by atoms with Crippen LogP contribution >= 0.6 is 27.3 Å². The van der Waals surface area contributed by atoms with Crippen molar-refractivity contribution in [3.8, 4) is 0 Å². The summed E-state index contributed by atoms with van der Waals surface area (Å²) in [6, 6.07) is 4.03. The Morgan fingerprint density at radius 2 is 2.00 bits per heavy atom. The van der Waals surface area contributed by atoms with Gasteiger partial charge in [0.25, 0.3) is 0 Å². The third-order valence-electron chi connectivity index (χ3n) is 2.48. The number of halogens is 1. The minimum atomic E-state index is 0.695. The maximum Gasteiger partial charge on any atom is 0.138 e. The molecule has 0 bridgehead atoms. The molecule has 0 aliphatic carbocycles. The van der Waals surface area contributed by atoms with Crippen LogP contribution in [0.2, 0.25) is 0 Å². The zero-order valence-electron chi connectivity index (χ0n) is 7.92. The van der Waals surface area contributed by atoms with Gasteiger partial charge < -0.3 is 4.90 Å².